The summed E-state index contributed by atoms with van der Waals surface area (Å²) in [5.41, 5.74) is -0.435. The summed E-state index contributed by atoms with van der Waals surface area (Å²) in [6, 6.07) is 2.03. The van der Waals surface area contributed by atoms with Crippen LogP contribution in [0.4, 0.5) is 0 Å². The lowest BCUT2D eigenvalue weighted by atomic mass is 9.75. The summed E-state index contributed by atoms with van der Waals surface area (Å²) >= 11 is 0. The van der Waals surface area contributed by atoms with Gasteiger partial charge in [-0.25, -0.2) is 0 Å². The Labute approximate surface area is 125 Å². The third-order valence-corrected chi connectivity index (χ3v) is 5.10. The average molecular weight is 295 g/mol. The van der Waals surface area contributed by atoms with Crippen LogP contribution in [0.15, 0.2) is 12.3 Å². The van der Waals surface area contributed by atoms with E-state index in [1.165, 1.54) is 5.69 Å². The number of rotatable bonds is 2. The standard InChI is InChI=1S/C15H25N3O3/c1-14(20)6-10-21-15(13(14)19)4-8-18(9-5-15)11-12-3-7-16-17(12)2/h3,7,13,19-20H,4-6,8-11H2,1-2H3/t13-,14+/m0/s1. The molecule has 6 nitrogen and oxygen atoms in total. The minimum Gasteiger partial charge on any atom is -0.387 e. The number of aliphatic hydroxyl groups is 2. The van der Waals surface area contributed by atoms with E-state index in [0.29, 0.717) is 13.0 Å². The van der Waals surface area contributed by atoms with Gasteiger partial charge in [-0.05, 0) is 25.8 Å². The minimum absolute atomic E-state index is 0.495. The maximum absolute atomic E-state index is 10.5. The van der Waals surface area contributed by atoms with E-state index in [9.17, 15) is 10.2 Å². The second kappa shape index (κ2) is 5.35. The van der Waals surface area contributed by atoms with Crippen LogP contribution in [-0.4, -0.2) is 61.9 Å². The van der Waals surface area contributed by atoms with Crippen molar-refractivity contribution in [1.29, 1.82) is 0 Å². The Morgan fingerprint density at radius 1 is 1.38 bits per heavy atom. The summed E-state index contributed by atoms with van der Waals surface area (Å²) in [7, 11) is 1.95. The van der Waals surface area contributed by atoms with E-state index in [1.807, 2.05) is 24.0 Å². The van der Waals surface area contributed by atoms with Crippen LogP contribution in [0.5, 0.6) is 0 Å². The highest BCUT2D eigenvalue weighted by atomic mass is 16.5. The SMILES string of the molecule is Cn1nccc1CN1CCC2(CC1)OCC[C@@](C)(O)[C@@H]2O. The number of hydrogen-bond donors (Lipinski definition) is 2. The van der Waals surface area contributed by atoms with E-state index in [0.717, 1.165) is 32.5 Å². The van der Waals surface area contributed by atoms with Gasteiger partial charge < -0.3 is 14.9 Å². The number of hydrogen-bond acceptors (Lipinski definition) is 5. The van der Waals surface area contributed by atoms with Gasteiger partial charge in [-0.2, -0.15) is 5.10 Å². The van der Waals surface area contributed by atoms with Crippen LogP contribution >= 0.6 is 0 Å². The molecule has 3 rings (SSSR count). The molecule has 2 atom stereocenters. The lowest BCUT2D eigenvalue weighted by molar-refractivity contribution is -0.246. The highest BCUT2D eigenvalue weighted by molar-refractivity contribution is 5.05. The zero-order chi connectivity index (χ0) is 15.1. The van der Waals surface area contributed by atoms with Crippen molar-refractivity contribution in [3.8, 4) is 0 Å². The highest BCUT2D eigenvalue weighted by Gasteiger charge is 2.52. The van der Waals surface area contributed by atoms with Gasteiger partial charge in [-0.1, -0.05) is 0 Å². The van der Waals surface area contributed by atoms with E-state index in [-0.39, 0.29) is 0 Å². The number of ether oxygens (including phenoxy) is 1. The third kappa shape index (κ3) is 2.73. The van der Waals surface area contributed by atoms with Crippen molar-refractivity contribution in [2.75, 3.05) is 19.7 Å². The Kier molecular flexibility index (Phi) is 3.81. The molecule has 3 heterocycles. The molecule has 1 aromatic heterocycles. The van der Waals surface area contributed by atoms with Gasteiger partial charge in [0, 0.05) is 39.3 Å². The van der Waals surface area contributed by atoms with Gasteiger partial charge in [0.15, 0.2) is 0 Å². The zero-order valence-electron chi connectivity index (χ0n) is 12.8. The van der Waals surface area contributed by atoms with E-state index >= 15 is 0 Å². The largest absolute Gasteiger partial charge is 0.387 e. The summed E-state index contributed by atoms with van der Waals surface area (Å²) in [6.07, 6.45) is 3.00. The molecule has 2 fully saturated rings. The Hall–Kier alpha value is -0.950. The number of likely N-dealkylation sites (tertiary alicyclic amines) is 1. The van der Waals surface area contributed by atoms with Crippen LogP contribution in [0.3, 0.4) is 0 Å². The molecule has 0 aliphatic carbocycles. The Morgan fingerprint density at radius 3 is 2.71 bits per heavy atom. The second-order valence-electron chi connectivity index (χ2n) is 6.65. The molecule has 2 aliphatic heterocycles. The van der Waals surface area contributed by atoms with Gasteiger partial charge in [0.05, 0.1) is 23.5 Å². The third-order valence-electron chi connectivity index (χ3n) is 5.10. The maximum Gasteiger partial charge on any atom is 0.111 e. The summed E-state index contributed by atoms with van der Waals surface area (Å²) in [6.45, 7) is 4.81. The van der Waals surface area contributed by atoms with Gasteiger partial charge in [0.1, 0.15) is 6.10 Å². The molecule has 0 amide bonds. The molecule has 6 heteroatoms. The van der Waals surface area contributed by atoms with Crippen molar-refractivity contribution in [1.82, 2.24) is 14.7 Å². The first-order valence-corrected chi connectivity index (χ1v) is 7.67. The predicted molar refractivity (Wildman–Crippen MR) is 77.6 cm³/mol. The van der Waals surface area contributed by atoms with Gasteiger partial charge in [0.2, 0.25) is 0 Å². The molecule has 2 saturated heterocycles. The number of aromatic nitrogens is 2. The fourth-order valence-corrected chi connectivity index (χ4v) is 3.54. The van der Waals surface area contributed by atoms with Crippen LogP contribution in [-0.2, 0) is 18.3 Å². The topological polar surface area (TPSA) is 70.8 Å². The van der Waals surface area contributed by atoms with Crippen LogP contribution in [0.1, 0.15) is 31.9 Å². The predicted octanol–water partition coefficient (Wildman–Crippen LogP) is 0.287. The number of aliphatic hydroxyl groups excluding tert-OH is 1. The molecule has 2 aliphatic rings. The fraction of sp³-hybridized carbons (Fsp3) is 0.800. The van der Waals surface area contributed by atoms with E-state index in [2.05, 4.69) is 10.00 Å². The first-order chi connectivity index (χ1) is 9.93. The van der Waals surface area contributed by atoms with Gasteiger partial charge in [-0.3, -0.25) is 9.58 Å². The van der Waals surface area contributed by atoms with Gasteiger partial charge >= 0.3 is 0 Å². The number of nitrogens with zero attached hydrogens (tertiary/aromatic N) is 3. The van der Waals surface area contributed by atoms with Crippen LogP contribution < -0.4 is 0 Å². The molecule has 0 saturated carbocycles. The maximum atomic E-state index is 10.5. The van der Waals surface area contributed by atoms with Crippen molar-refractivity contribution < 1.29 is 14.9 Å². The lowest BCUT2D eigenvalue weighted by Gasteiger charge is -2.51. The molecule has 0 bridgehead atoms. The van der Waals surface area contributed by atoms with Crippen molar-refractivity contribution >= 4 is 0 Å². The van der Waals surface area contributed by atoms with E-state index in [4.69, 9.17) is 4.74 Å². The monoisotopic (exact) mass is 295 g/mol. The van der Waals surface area contributed by atoms with Crippen molar-refractivity contribution in [3.05, 3.63) is 18.0 Å². The summed E-state index contributed by atoms with van der Waals surface area (Å²) in [5, 5.41) is 25.0. The van der Waals surface area contributed by atoms with E-state index in [1.54, 1.807) is 6.92 Å². The molecule has 118 valence electrons. The quantitative estimate of drug-likeness (QED) is 0.820. The summed E-state index contributed by atoms with van der Waals surface area (Å²) in [5.74, 6) is 0. The van der Waals surface area contributed by atoms with E-state index < -0.39 is 17.3 Å². The molecule has 0 aromatic carbocycles. The fourth-order valence-electron chi connectivity index (χ4n) is 3.54. The second-order valence-corrected chi connectivity index (χ2v) is 6.65. The molecule has 1 spiro atoms. The van der Waals surface area contributed by atoms with Gasteiger partial charge in [-0.15, -0.1) is 0 Å². The molecule has 0 unspecified atom stereocenters. The molecule has 21 heavy (non-hydrogen) atoms. The smallest absolute Gasteiger partial charge is 0.111 e. The minimum atomic E-state index is -1.04. The Balaban J connectivity index is 1.63. The zero-order valence-corrected chi connectivity index (χ0v) is 12.8. The summed E-state index contributed by atoms with van der Waals surface area (Å²) in [4.78, 5) is 2.35. The molecule has 0 radical (unpaired) electrons. The van der Waals surface area contributed by atoms with Crippen LogP contribution in [0.25, 0.3) is 0 Å². The average Bonchev–Trinajstić information content (AvgIpc) is 2.84. The molecular formula is C15H25N3O3. The van der Waals surface area contributed by atoms with Crippen LogP contribution in [0, 0.1) is 0 Å². The molecule has 2 N–H and O–H groups in total. The molecular weight excluding hydrogens is 270 g/mol. The number of piperidine rings is 1. The normalized spacial score (nSPS) is 33.4. The highest BCUT2D eigenvalue weighted by Crippen LogP contribution is 2.39. The van der Waals surface area contributed by atoms with Crippen molar-refractivity contribution in [2.45, 2.75) is 50.0 Å². The van der Waals surface area contributed by atoms with Gasteiger partial charge in [0.25, 0.3) is 0 Å². The Morgan fingerprint density at radius 2 is 2.10 bits per heavy atom. The van der Waals surface area contributed by atoms with Crippen LogP contribution in [0.2, 0.25) is 0 Å². The first-order valence-electron chi connectivity index (χ1n) is 7.67. The summed E-state index contributed by atoms with van der Waals surface area (Å²) < 4.78 is 7.80. The lowest BCUT2D eigenvalue weighted by Crippen LogP contribution is -2.64. The van der Waals surface area contributed by atoms with Crippen molar-refractivity contribution in [3.63, 3.8) is 0 Å². The molecule has 1 aromatic rings. The number of aryl methyl sites for hydroxylation is 1. The first kappa shape index (κ1) is 15.0. The van der Waals surface area contributed by atoms with Crippen molar-refractivity contribution in [2.24, 2.45) is 7.05 Å². The Bertz CT molecular complexity index is 492.